The van der Waals surface area contributed by atoms with E-state index in [0.717, 1.165) is 20.8 Å². The first-order valence-corrected chi connectivity index (χ1v) is 25.7. The quantitative estimate of drug-likeness (QED) is 0.0479. The molecule has 0 saturated carbocycles. The van der Waals surface area contributed by atoms with Gasteiger partial charge >= 0.3 is 5.97 Å². The van der Waals surface area contributed by atoms with E-state index in [1.54, 1.807) is 0 Å². The summed E-state index contributed by atoms with van der Waals surface area (Å²) in [6.45, 7) is -3.40. The number of hydrogen-bond donors (Lipinski definition) is 22. The zero-order valence-corrected chi connectivity index (χ0v) is 43.9. The fourth-order valence-electron chi connectivity index (χ4n) is 10.3. The molecule has 6 saturated heterocycles. The third-order valence-electron chi connectivity index (χ3n) is 14.6. The second-order valence-electron chi connectivity index (χ2n) is 20.4. The number of carboxylic acids is 1. The smallest absolute Gasteiger partial charge is 0.364 e. The number of carboxylic acid groups (broad SMARTS) is 1. The van der Waals surface area contributed by atoms with E-state index in [0.29, 0.717) is 0 Å². The van der Waals surface area contributed by atoms with Crippen molar-refractivity contribution in [3.05, 3.63) is 0 Å². The Bertz CT molecular complexity index is 2090. The van der Waals surface area contributed by atoms with Gasteiger partial charge in [-0.3, -0.25) is 14.4 Å². The van der Waals surface area contributed by atoms with E-state index < -0.39 is 259 Å². The maximum absolute atomic E-state index is 12.8. The minimum Gasteiger partial charge on any atom is -0.477 e. The van der Waals surface area contributed by atoms with Gasteiger partial charge in [-0.1, -0.05) is 0 Å². The summed E-state index contributed by atoms with van der Waals surface area (Å²) in [7, 11) is 0. The minimum absolute atomic E-state index is 0.740. The number of rotatable bonds is 22. The first kappa shape index (κ1) is 67.8. The van der Waals surface area contributed by atoms with Gasteiger partial charge in [0, 0.05) is 27.2 Å². The number of ether oxygens (including phenoxy) is 11. The Morgan fingerprint density at radius 1 is 0.488 bits per heavy atom. The lowest BCUT2D eigenvalue weighted by molar-refractivity contribution is -0.394. The van der Waals surface area contributed by atoms with Crippen LogP contribution in [0.5, 0.6) is 0 Å². The SMILES string of the molecule is CC(=O)N[C@H]1[C@H](O[C@@H]2[C@@H](O[C@@H]3[C@H](O)[C@H](O[C@H]4[C@H](O)[C@@H](NC(C)=O)C(O)O[C@@H]4CO)O[C@H](CO)[C@H]3O)O[C@H](CO)[C@@H](O)[C@@H]2O)O[C@H](CO)[C@@H](O[C@@H]2O[C@H](CO[C@]3(C(=O)O)C[C@H](O)[C@@H](NC(C)=O)[C@H]([C@H](O)[C@H](O)CO)O3)[C@H](O)[C@H](O)[C@H]2O)[C@@H]1O. The normalized spacial score (nSPS) is 46.3. The molecule has 82 heavy (non-hydrogen) atoms. The van der Waals surface area contributed by atoms with Crippen molar-refractivity contribution in [2.45, 2.75) is 217 Å². The predicted molar refractivity (Wildman–Crippen MR) is 251 cm³/mol. The van der Waals surface area contributed by atoms with Crippen molar-refractivity contribution in [1.29, 1.82) is 0 Å². The zero-order chi connectivity index (χ0) is 61.0. The van der Waals surface area contributed by atoms with E-state index in [2.05, 4.69) is 16.0 Å². The van der Waals surface area contributed by atoms with Gasteiger partial charge in [-0.25, -0.2) is 4.79 Å². The van der Waals surface area contributed by atoms with Crippen molar-refractivity contribution in [2.24, 2.45) is 0 Å². The fraction of sp³-hybridized carbons (Fsp3) is 0.911. The summed E-state index contributed by atoms with van der Waals surface area (Å²) in [6.07, 6.45) is -55.7. The van der Waals surface area contributed by atoms with Crippen molar-refractivity contribution in [3.8, 4) is 0 Å². The van der Waals surface area contributed by atoms with Crippen LogP contribution in [0, 0.1) is 0 Å². The molecule has 31 atom stereocenters. The molecule has 37 nitrogen and oxygen atoms in total. The van der Waals surface area contributed by atoms with Gasteiger partial charge in [0.2, 0.25) is 17.7 Å². The summed E-state index contributed by atoms with van der Waals surface area (Å²) >= 11 is 0. The maximum atomic E-state index is 12.8. The summed E-state index contributed by atoms with van der Waals surface area (Å²) in [5, 5.41) is 212. The molecule has 6 rings (SSSR count). The molecule has 0 aromatic rings. The van der Waals surface area contributed by atoms with Gasteiger partial charge in [-0.2, -0.15) is 0 Å². The number of hydrogen-bond acceptors (Lipinski definition) is 33. The van der Waals surface area contributed by atoms with E-state index in [9.17, 15) is 116 Å². The molecule has 0 aromatic heterocycles. The largest absolute Gasteiger partial charge is 0.477 e. The summed E-state index contributed by atoms with van der Waals surface area (Å²) in [4.78, 5) is 49.4. The lowest BCUT2D eigenvalue weighted by Crippen LogP contribution is -2.70. The average Bonchev–Trinajstić information content (AvgIpc) is 2.47. The Morgan fingerprint density at radius 2 is 0.939 bits per heavy atom. The van der Waals surface area contributed by atoms with Crippen molar-refractivity contribution < 1.29 is 168 Å². The number of nitrogens with one attached hydrogen (secondary N) is 3. The molecule has 22 N–H and O–H groups in total. The van der Waals surface area contributed by atoms with Gasteiger partial charge in [0.25, 0.3) is 5.79 Å². The maximum Gasteiger partial charge on any atom is 0.364 e. The Morgan fingerprint density at radius 3 is 1.49 bits per heavy atom. The number of aliphatic carboxylic acids is 1. The molecule has 0 spiro atoms. The van der Waals surface area contributed by atoms with Crippen LogP contribution >= 0.6 is 0 Å². The van der Waals surface area contributed by atoms with E-state index in [-0.39, 0.29) is 0 Å². The summed E-state index contributed by atoms with van der Waals surface area (Å²) in [5.41, 5.74) is 0. The van der Waals surface area contributed by atoms with Crippen LogP contribution in [0.2, 0.25) is 0 Å². The molecular formula is C45H75N3O34. The Hall–Kier alpha value is -3.28. The van der Waals surface area contributed by atoms with Crippen LogP contribution < -0.4 is 16.0 Å². The van der Waals surface area contributed by atoms with Crippen LogP contribution in [0.15, 0.2) is 0 Å². The van der Waals surface area contributed by atoms with Crippen LogP contribution in [0.1, 0.15) is 27.2 Å². The molecule has 6 fully saturated rings. The molecule has 0 aliphatic carbocycles. The molecule has 37 heteroatoms. The second-order valence-corrected chi connectivity index (χ2v) is 20.4. The van der Waals surface area contributed by atoms with Crippen LogP contribution in [-0.4, -0.2) is 350 Å². The van der Waals surface area contributed by atoms with Crippen molar-refractivity contribution in [2.75, 3.05) is 39.6 Å². The first-order chi connectivity index (χ1) is 38.6. The molecule has 0 radical (unpaired) electrons. The van der Waals surface area contributed by atoms with E-state index in [1.807, 2.05) is 0 Å². The van der Waals surface area contributed by atoms with Crippen LogP contribution in [0.25, 0.3) is 0 Å². The lowest BCUT2D eigenvalue weighted by Gasteiger charge is -2.50. The first-order valence-electron chi connectivity index (χ1n) is 25.7. The predicted octanol–water partition coefficient (Wildman–Crippen LogP) is -14.5. The van der Waals surface area contributed by atoms with Gasteiger partial charge in [0.05, 0.1) is 51.8 Å². The van der Waals surface area contributed by atoms with E-state index in [1.165, 1.54) is 0 Å². The molecule has 6 aliphatic rings. The topological polar surface area (TPSA) is 590 Å². The highest BCUT2D eigenvalue weighted by atomic mass is 16.8. The standard InChI is InChI=1S/C45H75N3O34/c1-11(54)46-21-14(57)4-45(44(70)71,82-36(21)24(59)15(58)5-49)72-10-20-26(61)30(65)32(67)41(77-20)78-35-19(9-53)76-40(23(29(35)64)48-13(3)56)81-38-31(66)25(60)16(6-50)75-43(38)80-37-27(62)17(7-51)74-42(33(37)68)79-34-18(8-52)73-39(69)22(28(34)63)47-12(2)55/h14-43,49-53,57-69H,4-10H2,1-3H3,(H,46,54)(H,47,55)(H,48,56)(H,70,71)/t14-,15+,16+,17+,18+,19+,20+,21+,22+,23+,24+,25+,26-,27+,28+,29+,30-,31-,32+,33-,34+,35+,36+,37-,38-,39?,40-,41-,42-,43+,45+/m0/s1. The van der Waals surface area contributed by atoms with Crippen molar-refractivity contribution >= 4 is 23.7 Å². The molecule has 3 amide bonds. The second kappa shape index (κ2) is 28.9. The molecule has 474 valence electrons. The van der Waals surface area contributed by atoms with E-state index in [4.69, 9.17) is 52.1 Å². The highest BCUT2D eigenvalue weighted by Gasteiger charge is 2.60. The number of aliphatic hydroxyl groups is 18. The van der Waals surface area contributed by atoms with Crippen molar-refractivity contribution in [1.82, 2.24) is 16.0 Å². The summed E-state index contributed by atoms with van der Waals surface area (Å²) in [5.74, 6) is -7.46. The van der Waals surface area contributed by atoms with Gasteiger partial charge in [0.15, 0.2) is 31.5 Å². The van der Waals surface area contributed by atoms with Crippen LogP contribution in [-0.2, 0) is 71.3 Å². The molecule has 0 aromatic carbocycles. The minimum atomic E-state index is -3.00. The van der Waals surface area contributed by atoms with Crippen LogP contribution in [0.3, 0.4) is 0 Å². The van der Waals surface area contributed by atoms with Crippen LogP contribution in [0.4, 0.5) is 0 Å². The monoisotopic (exact) mass is 1200 g/mol. The third kappa shape index (κ3) is 14.7. The highest BCUT2D eigenvalue weighted by molar-refractivity contribution is 5.77. The number of aliphatic hydroxyl groups excluding tert-OH is 18. The van der Waals surface area contributed by atoms with Crippen molar-refractivity contribution in [3.63, 3.8) is 0 Å². The number of carbonyl (C=O) groups excluding carboxylic acids is 3. The van der Waals surface area contributed by atoms with Gasteiger partial charge < -0.3 is 165 Å². The Balaban J connectivity index is 1.23. The Labute approximate surface area is 463 Å². The Kier molecular flexibility index (Phi) is 23.9. The molecule has 6 aliphatic heterocycles. The zero-order valence-electron chi connectivity index (χ0n) is 43.9. The molecule has 0 bridgehead atoms. The average molecular weight is 1200 g/mol. The van der Waals surface area contributed by atoms with Gasteiger partial charge in [0.1, 0.15) is 140 Å². The molecular weight excluding hydrogens is 1130 g/mol. The van der Waals surface area contributed by atoms with Gasteiger partial charge in [-0.15, -0.1) is 0 Å². The third-order valence-corrected chi connectivity index (χ3v) is 14.6. The highest BCUT2D eigenvalue weighted by Crippen LogP contribution is 2.38. The lowest BCUT2D eigenvalue weighted by atomic mass is 9.88. The number of carbonyl (C=O) groups is 4. The van der Waals surface area contributed by atoms with Gasteiger partial charge in [-0.05, 0) is 0 Å². The molecule has 1 unspecified atom stereocenters. The summed E-state index contributed by atoms with van der Waals surface area (Å²) < 4.78 is 62.9. The fourth-order valence-corrected chi connectivity index (χ4v) is 10.3. The van der Waals surface area contributed by atoms with E-state index >= 15 is 0 Å². The number of amides is 3. The summed E-state index contributed by atoms with van der Waals surface area (Å²) in [6, 6.07) is -5.09. The molecule has 6 heterocycles.